The molecule has 734 valence electrons. The van der Waals surface area contributed by atoms with Gasteiger partial charge in [-0.25, -0.2) is 0 Å². The van der Waals surface area contributed by atoms with Crippen LogP contribution in [0.15, 0.2) is 0 Å². The van der Waals surface area contributed by atoms with Crippen LogP contribution in [0.2, 0.25) is 0 Å². The van der Waals surface area contributed by atoms with Gasteiger partial charge in [0.15, 0.2) is 0 Å². The van der Waals surface area contributed by atoms with E-state index in [9.17, 15) is 4.79 Å². The van der Waals surface area contributed by atoms with E-state index in [-0.39, 0.29) is 44.6 Å². The van der Waals surface area contributed by atoms with E-state index in [4.69, 9.17) is 0 Å². The maximum Gasteiger partial charge on any atom is 0.225 e. The van der Waals surface area contributed by atoms with Crippen LogP contribution in [0, 0.1) is 118 Å². The van der Waals surface area contributed by atoms with Gasteiger partial charge < -0.3 is 54.3 Å². The first kappa shape index (κ1) is 129. The van der Waals surface area contributed by atoms with E-state index >= 15 is 0 Å². The number of likely N-dealkylation sites (tertiary alicyclic amines) is 6. The average Bonchev–Trinajstić information content (AvgIpc) is 1.70. The zero-order chi connectivity index (χ0) is 86.0. The highest BCUT2D eigenvalue weighted by atomic mass is 16.2. The second-order valence-corrected chi connectivity index (χ2v) is 43.5. The summed E-state index contributed by atoms with van der Waals surface area (Å²) in [6.45, 7) is 91.2. The summed E-state index contributed by atoms with van der Waals surface area (Å²) >= 11 is 0. The van der Waals surface area contributed by atoms with Crippen LogP contribution in [0.25, 0.3) is 0 Å². The molecule has 3 atom stereocenters. The van der Waals surface area contributed by atoms with Gasteiger partial charge in [-0.3, -0.25) is 4.79 Å². The van der Waals surface area contributed by atoms with E-state index in [0.717, 1.165) is 144 Å². The smallest absolute Gasteiger partial charge is 0.225 e. The number of amides is 1. The molecule has 0 spiro atoms. The van der Waals surface area contributed by atoms with Crippen LogP contribution in [0.1, 0.15) is 385 Å². The summed E-state index contributed by atoms with van der Waals surface area (Å²) in [4.78, 5) is 36.6. The van der Waals surface area contributed by atoms with Gasteiger partial charge in [0.05, 0.1) is 0 Å². The third-order valence-corrected chi connectivity index (χ3v) is 28.7. The SMILES string of the molecule is C.C.C.C.C.C.CC(C)CC1CCN(C(=O)C2CC2)CC1.CC(C)CC1CCN(C(C)C)CC1.CC(C)CC1CCN(C)CC1.CC(C)CC1CCNCC1.CC(C)CN1CCN(C)CC1.CCC(CC1CCN(C)CC1)C(C)C.CCC(CC1CCN(CC)CC1)C(C)C.CCC(CN1CCN(C)CC1)C(C)C.CCN1CCC(CC(C)C)CC1. The number of carbonyl (C=O) groups is 1. The number of carbonyl (C=O) groups excluding carboxylic acids is 1. The van der Waals surface area contributed by atoms with E-state index in [0.29, 0.717) is 11.8 Å². The summed E-state index contributed by atoms with van der Waals surface area (Å²) < 4.78 is 0. The van der Waals surface area contributed by atoms with E-state index in [1.807, 2.05) is 0 Å². The second kappa shape index (κ2) is 75.7. The van der Waals surface area contributed by atoms with Crippen molar-refractivity contribution in [3.63, 3.8) is 0 Å². The quantitative estimate of drug-likeness (QED) is 0.0815. The van der Waals surface area contributed by atoms with Gasteiger partial charge in [0, 0.05) is 90.5 Å². The van der Waals surface area contributed by atoms with Crippen LogP contribution >= 0.6 is 0 Å². The third kappa shape index (κ3) is 63.7. The summed E-state index contributed by atoms with van der Waals surface area (Å²) in [7, 11) is 8.89. The molecular weight excluding hydrogens is 1480 g/mol. The zero-order valence-electron chi connectivity index (χ0n) is 83.8. The summed E-state index contributed by atoms with van der Waals surface area (Å²) in [6, 6.07) is 0.750. The minimum atomic E-state index is 0. The Bertz CT molecular complexity index is 2100. The van der Waals surface area contributed by atoms with Crippen molar-refractivity contribution in [1.29, 1.82) is 0 Å². The number of nitrogens with zero attached hydrogens (tertiary/aromatic N) is 10. The third-order valence-electron chi connectivity index (χ3n) is 28.7. The van der Waals surface area contributed by atoms with E-state index in [2.05, 4.69) is 256 Å². The van der Waals surface area contributed by atoms with Crippen molar-refractivity contribution in [3.05, 3.63) is 0 Å². The molecule has 12 nitrogen and oxygen atoms in total. The van der Waals surface area contributed by atoms with Crippen molar-refractivity contribution in [2.24, 2.45) is 118 Å². The Morgan fingerprint density at radius 3 is 0.785 bits per heavy atom. The Balaban J connectivity index is -0.000000416. The maximum absolute atomic E-state index is 11.8. The van der Waals surface area contributed by atoms with E-state index in [1.165, 1.54) is 311 Å². The molecular formula is C109H237N11O. The first-order valence-electron chi connectivity index (χ1n) is 50.9. The van der Waals surface area contributed by atoms with Gasteiger partial charge in [-0.2, -0.15) is 0 Å². The molecule has 9 heterocycles. The molecule has 121 heavy (non-hydrogen) atoms. The first-order chi connectivity index (χ1) is 54.6. The fraction of sp³-hybridized carbons (Fsp3) is 0.991. The summed E-state index contributed by atoms with van der Waals surface area (Å²) in [5, 5.41) is 3.39. The zero-order valence-corrected chi connectivity index (χ0v) is 83.8. The Morgan fingerprint density at radius 2 is 0.529 bits per heavy atom. The van der Waals surface area contributed by atoms with Crippen molar-refractivity contribution >= 4 is 5.91 Å². The number of piperidine rings is 7. The van der Waals surface area contributed by atoms with Gasteiger partial charge in [-0.15, -0.1) is 0 Å². The van der Waals surface area contributed by atoms with Crippen LogP contribution in [-0.2, 0) is 4.79 Å². The highest BCUT2D eigenvalue weighted by Gasteiger charge is 2.35. The van der Waals surface area contributed by atoms with Crippen LogP contribution < -0.4 is 5.32 Å². The lowest BCUT2D eigenvalue weighted by atomic mass is 9.81. The largest absolute Gasteiger partial charge is 0.342 e. The molecule has 1 saturated carbocycles. The van der Waals surface area contributed by atoms with Gasteiger partial charge in [-0.05, 0) is 394 Å². The fourth-order valence-corrected chi connectivity index (χ4v) is 20.2. The molecule has 0 aromatic heterocycles. The standard InChI is InChI=1S/C14H29N.C13H23NO.C13H27N.C12H26N2.C12H25N.C11H23N.C10H21N.C9H20N2.C9H19N.6CH4/c1-5-14(12(3)4)11-13-7-9-15(6-2)10-8-13;1-10(2)9-11-5-7-14(8-6-11)13(15)12-3-4-12;1-5-13(11(2)3)10-12-6-8-14(4)9-7-12;1-5-12(11(2)3)10-14-8-6-13(4)7-9-14;1-10(2)9-12-5-7-13(8-6-12)11(3)4;1-4-12-7-5-11(6-8-12)9-10(2)3;1-9(2)8-10-4-6-11(3)7-5-10;1-9(2)8-11-6-4-10(3)5-7-11;1-8(2)7-9-3-5-10-6-4-9;;;;;;/h12-14H,5-11H2,1-4H3;10-12H,3-9H2,1-2H3;11-13H,5-10H2,1-4H3;11-12H,5-10H2,1-4H3;10-12H,5-9H2,1-4H3;10-11H,4-9H2,1-3H3;9-10H,4-8H2,1-3H3;9H,4-8H2,1-3H3;8-10H,3-7H2,1-2H3;6*1H4. The van der Waals surface area contributed by atoms with Crippen molar-refractivity contribution in [2.45, 2.75) is 391 Å². The minimum Gasteiger partial charge on any atom is -0.342 e. The highest BCUT2D eigenvalue weighted by Crippen LogP contribution is 2.35. The normalized spacial score (nSPS) is 21.5. The van der Waals surface area contributed by atoms with E-state index < -0.39 is 0 Å². The Hall–Kier alpha value is -0.930. The minimum absolute atomic E-state index is 0. The summed E-state index contributed by atoms with van der Waals surface area (Å²) in [5.74, 6) is 18.4. The molecule has 0 radical (unpaired) electrons. The molecule has 1 aliphatic carbocycles. The first-order valence-corrected chi connectivity index (χ1v) is 50.9. The van der Waals surface area contributed by atoms with Gasteiger partial charge in [0.1, 0.15) is 0 Å². The summed E-state index contributed by atoms with van der Waals surface area (Å²) in [5.41, 5.74) is 0. The average molecular weight is 1720 g/mol. The lowest BCUT2D eigenvalue weighted by Crippen LogP contribution is -2.46. The fourth-order valence-electron chi connectivity index (χ4n) is 20.2. The Labute approximate surface area is 767 Å². The molecule has 10 rings (SSSR count). The lowest BCUT2D eigenvalue weighted by molar-refractivity contribution is -0.134. The highest BCUT2D eigenvalue weighted by molar-refractivity contribution is 5.81. The van der Waals surface area contributed by atoms with Crippen LogP contribution in [0.3, 0.4) is 0 Å². The van der Waals surface area contributed by atoms with E-state index in [1.54, 1.807) is 0 Å². The molecule has 0 aromatic rings. The van der Waals surface area contributed by atoms with Crippen molar-refractivity contribution in [1.82, 2.24) is 54.3 Å². The van der Waals surface area contributed by atoms with Crippen LogP contribution in [0.4, 0.5) is 0 Å². The molecule has 0 aromatic carbocycles. The lowest BCUT2D eigenvalue weighted by Gasteiger charge is -2.35. The maximum atomic E-state index is 11.8. The molecule has 10 aliphatic rings. The van der Waals surface area contributed by atoms with Crippen molar-refractivity contribution < 1.29 is 4.79 Å². The number of likely N-dealkylation sites (N-methyl/N-ethyl adjacent to an activating group) is 2. The van der Waals surface area contributed by atoms with Crippen LogP contribution in [0.5, 0.6) is 0 Å². The Kier molecular flexibility index (Phi) is 80.4. The van der Waals surface area contributed by atoms with Gasteiger partial charge in [0.2, 0.25) is 5.91 Å². The summed E-state index contributed by atoms with van der Waals surface area (Å²) in [6.07, 6.45) is 36.0. The number of nitrogens with one attached hydrogen (secondary N) is 1. The molecule has 9 saturated heterocycles. The Morgan fingerprint density at radius 1 is 0.273 bits per heavy atom. The molecule has 10 fully saturated rings. The van der Waals surface area contributed by atoms with Gasteiger partial charge in [-0.1, -0.05) is 223 Å². The molecule has 0 bridgehead atoms. The molecule has 1 N–H and O–H groups in total. The monoisotopic (exact) mass is 1720 g/mol. The predicted octanol–water partition coefficient (Wildman–Crippen LogP) is 26.8. The topological polar surface area (TPSA) is 61.5 Å². The van der Waals surface area contributed by atoms with Crippen molar-refractivity contribution in [2.75, 3.05) is 198 Å². The molecule has 1 amide bonds. The predicted molar refractivity (Wildman–Crippen MR) is 553 cm³/mol. The number of hydrogen-bond acceptors (Lipinski definition) is 11. The number of piperazine rings is 2. The second-order valence-electron chi connectivity index (χ2n) is 43.5. The molecule has 9 aliphatic heterocycles. The molecule has 3 unspecified atom stereocenters. The number of rotatable bonds is 28. The molecule has 12 heteroatoms. The van der Waals surface area contributed by atoms with Crippen molar-refractivity contribution in [3.8, 4) is 0 Å². The van der Waals surface area contributed by atoms with Gasteiger partial charge >= 0.3 is 0 Å². The van der Waals surface area contributed by atoms with Crippen LogP contribution in [-0.4, -0.2) is 259 Å². The number of hydrogen-bond donors (Lipinski definition) is 1. The van der Waals surface area contributed by atoms with Gasteiger partial charge in [0.25, 0.3) is 0 Å².